The summed E-state index contributed by atoms with van der Waals surface area (Å²) in [6.07, 6.45) is 6.51. The molecule has 0 aliphatic heterocycles. The molecule has 0 amide bonds. The highest BCUT2D eigenvalue weighted by Crippen LogP contribution is 2.43. The van der Waals surface area contributed by atoms with Crippen LogP contribution in [0.25, 0.3) is 0 Å². The maximum absolute atomic E-state index is 6.79. The largest absolute Gasteiger partial charge is 0.543 e. The molecule has 0 spiro atoms. The van der Waals surface area contributed by atoms with E-state index in [9.17, 15) is 0 Å². The van der Waals surface area contributed by atoms with Gasteiger partial charge in [0.25, 0.3) is 8.32 Å². The van der Waals surface area contributed by atoms with E-state index in [1.165, 1.54) is 32.1 Å². The number of benzene rings is 1. The first kappa shape index (κ1) is 24.3. The Morgan fingerprint density at radius 2 is 1.31 bits per heavy atom. The van der Waals surface area contributed by atoms with Gasteiger partial charge in [-0.3, -0.25) is 0 Å². The van der Waals surface area contributed by atoms with Gasteiger partial charge in [0.15, 0.2) is 0 Å². The van der Waals surface area contributed by atoms with Gasteiger partial charge in [-0.15, -0.1) is 0 Å². The number of nitrogens with one attached hydrogen (secondary N) is 1. The Balaban J connectivity index is 2.35. The van der Waals surface area contributed by atoms with Gasteiger partial charge in [-0.2, -0.15) is 0 Å². The molecule has 0 unspecified atom stereocenters. The van der Waals surface area contributed by atoms with E-state index in [-0.39, 0.29) is 10.1 Å². The molecule has 0 heterocycles. The Bertz CT molecular complexity index is 681. The lowest BCUT2D eigenvalue weighted by Gasteiger charge is -2.38. The predicted molar refractivity (Wildman–Crippen MR) is 133 cm³/mol. The third kappa shape index (κ3) is 6.27. The Hall–Kier alpha value is -0.946. The zero-order chi connectivity index (χ0) is 22.1. The molecule has 0 saturated heterocycles. The number of hydrogen-bond acceptors (Lipinski definition) is 3. The predicted octanol–water partition coefficient (Wildman–Crippen LogP) is 8.20. The lowest BCUT2D eigenvalue weighted by atomic mass is 9.95. The van der Waals surface area contributed by atoms with Crippen molar-refractivity contribution in [2.24, 2.45) is 0 Å². The molecule has 2 rings (SSSR count). The van der Waals surface area contributed by atoms with Crippen molar-refractivity contribution in [3.05, 3.63) is 18.2 Å². The Morgan fingerprint density at radius 3 is 1.83 bits per heavy atom. The second kappa shape index (κ2) is 8.66. The first-order valence-electron chi connectivity index (χ1n) is 11.4. The third-order valence-electron chi connectivity index (χ3n) is 7.27. The van der Waals surface area contributed by atoms with Gasteiger partial charge < -0.3 is 14.2 Å². The molecular weight excluding hydrogens is 390 g/mol. The van der Waals surface area contributed by atoms with Crippen molar-refractivity contribution in [3.8, 4) is 11.5 Å². The van der Waals surface area contributed by atoms with Crippen LogP contribution < -0.4 is 14.2 Å². The second-order valence-corrected chi connectivity index (χ2v) is 21.3. The van der Waals surface area contributed by atoms with Gasteiger partial charge in [0, 0.05) is 12.1 Å². The van der Waals surface area contributed by atoms with Crippen molar-refractivity contribution in [3.63, 3.8) is 0 Å². The quantitative estimate of drug-likeness (QED) is 0.457. The van der Waals surface area contributed by atoms with E-state index >= 15 is 0 Å². The van der Waals surface area contributed by atoms with Crippen molar-refractivity contribution >= 4 is 22.3 Å². The molecular formula is C24H45NO2Si2. The van der Waals surface area contributed by atoms with Crippen LogP contribution in [0.3, 0.4) is 0 Å². The molecule has 0 atom stereocenters. The molecule has 5 heteroatoms. The first-order valence-corrected chi connectivity index (χ1v) is 17.2. The monoisotopic (exact) mass is 435 g/mol. The van der Waals surface area contributed by atoms with Crippen LogP contribution >= 0.6 is 0 Å². The molecule has 0 radical (unpaired) electrons. The summed E-state index contributed by atoms with van der Waals surface area (Å²) >= 11 is 0. The molecule has 1 aromatic rings. The fraction of sp³-hybridized carbons (Fsp3) is 0.750. The van der Waals surface area contributed by atoms with E-state index in [1.54, 1.807) is 0 Å². The van der Waals surface area contributed by atoms with E-state index < -0.39 is 16.6 Å². The topological polar surface area (TPSA) is 30.5 Å². The van der Waals surface area contributed by atoms with Crippen LogP contribution in [0, 0.1) is 0 Å². The first-order chi connectivity index (χ1) is 13.1. The van der Waals surface area contributed by atoms with Crippen LogP contribution in [0.15, 0.2) is 18.2 Å². The SMILES string of the molecule is CC(C)(C)[Si](C)(C)Oc1ccc(NC2CCCCC2)c(O[Si](C)(C)C(C)(C)C)c1. The van der Waals surface area contributed by atoms with E-state index in [0.717, 1.165) is 17.2 Å². The summed E-state index contributed by atoms with van der Waals surface area (Å²) < 4.78 is 13.4. The molecule has 0 bridgehead atoms. The summed E-state index contributed by atoms with van der Waals surface area (Å²) in [4.78, 5) is 0. The Labute approximate surface area is 182 Å². The minimum absolute atomic E-state index is 0.158. The van der Waals surface area contributed by atoms with Crippen LogP contribution in [-0.4, -0.2) is 22.7 Å². The van der Waals surface area contributed by atoms with Crippen molar-refractivity contribution in [2.45, 2.75) is 116 Å². The average molecular weight is 436 g/mol. The van der Waals surface area contributed by atoms with Crippen molar-refractivity contribution in [1.82, 2.24) is 0 Å². The van der Waals surface area contributed by atoms with Crippen LogP contribution in [0.5, 0.6) is 11.5 Å². The van der Waals surface area contributed by atoms with Crippen LogP contribution in [0.4, 0.5) is 5.69 Å². The van der Waals surface area contributed by atoms with Gasteiger partial charge in [-0.25, -0.2) is 0 Å². The lowest BCUT2D eigenvalue weighted by Crippen LogP contribution is -2.44. The van der Waals surface area contributed by atoms with E-state index in [2.05, 4.69) is 91.2 Å². The summed E-state index contributed by atoms with van der Waals surface area (Å²) in [5.74, 6) is 1.91. The normalized spacial score (nSPS) is 17.2. The maximum atomic E-state index is 6.79. The number of hydrogen-bond donors (Lipinski definition) is 1. The third-order valence-corrected chi connectivity index (χ3v) is 16.0. The molecule has 1 aliphatic rings. The second-order valence-electron chi connectivity index (χ2n) is 11.9. The van der Waals surface area contributed by atoms with Gasteiger partial charge in [0.1, 0.15) is 11.5 Å². The number of rotatable bonds is 6. The van der Waals surface area contributed by atoms with Crippen molar-refractivity contribution in [2.75, 3.05) is 5.32 Å². The molecule has 1 aliphatic carbocycles. The standard InChI is InChI=1S/C24H45NO2Si2/c1-23(2,3)28(7,8)26-20-16-17-21(25-19-14-12-11-13-15-19)22(18-20)27-29(9,10)24(4,5)6/h16-19,25H,11-15H2,1-10H3. The Morgan fingerprint density at radius 1 is 0.793 bits per heavy atom. The maximum Gasteiger partial charge on any atom is 0.250 e. The average Bonchev–Trinajstić information content (AvgIpc) is 2.55. The van der Waals surface area contributed by atoms with Crippen LogP contribution in [0.1, 0.15) is 73.6 Å². The van der Waals surface area contributed by atoms with Crippen molar-refractivity contribution in [1.29, 1.82) is 0 Å². The van der Waals surface area contributed by atoms with Crippen molar-refractivity contribution < 1.29 is 8.85 Å². The van der Waals surface area contributed by atoms with Gasteiger partial charge in [0.2, 0.25) is 8.32 Å². The molecule has 1 N–H and O–H groups in total. The zero-order valence-corrected chi connectivity index (χ0v) is 22.7. The fourth-order valence-corrected chi connectivity index (χ4v) is 5.16. The van der Waals surface area contributed by atoms with E-state index in [4.69, 9.17) is 8.85 Å². The number of anilines is 1. The Kier molecular flexibility index (Phi) is 7.26. The highest BCUT2D eigenvalue weighted by atomic mass is 28.4. The van der Waals surface area contributed by atoms with Gasteiger partial charge in [0.05, 0.1) is 5.69 Å². The summed E-state index contributed by atoms with van der Waals surface area (Å²) in [7, 11) is -3.83. The van der Waals surface area contributed by atoms with Crippen LogP contribution in [-0.2, 0) is 0 Å². The van der Waals surface area contributed by atoms with E-state index in [1.807, 2.05) is 0 Å². The molecule has 1 saturated carbocycles. The molecule has 0 aromatic heterocycles. The highest BCUT2D eigenvalue weighted by Gasteiger charge is 2.41. The fourth-order valence-electron chi connectivity index (χ4n) is 3.11. The summed E-state index contributed by atoms with van der Waals surface area (Å²) in [5.41, 5.74) is 1.13. The molecule has 29 heavy (non-hydrogen) atoms. The smallest absolute Gasteiger partial charge is 0.250 e. The summed E-state index contributed by atoms with van der Waals surface area (Å²) in [6, 6.07) is 7.01. The summed E-state index contributed by atoms with van der Waals surface area (Å²) in [6.45, 7) is 23.0. The zero-order valence-electron chi connectivity index (χ0n) is 20.7. The minimum atomic E-state index is -1.95. The van der Waals surface area contributed by atoms with Crippen LogP contribution in [0.2, 0.25) is 36.3 Å². The van der Waals surface area contributed by atoms with Gasteiger partial charge in [-0.1, -0.05) is 60.8 Å². The summed E-state index contributed by atoms with van der Waals surface area (Å²) in [5, 5.41) is 4.13. The minimum Gasteiger partial charge on any atom is -0.543 e. The molecule has 3 nitrogen and oxygen atoms in total. The molecule has 1 aromatic carbocycles. The molecule has 166 valence electrons. The van der Waals surface area contributed by atoms with Gasteiger partial charge in [-0.05, 0) is 61.2 Å². The highest BCUT2D eigenvalue weighted by molar-refractivity contribution is 6.75. The van der Waals surface area contributed by atoms with Gasteiger partial charge >= 0.3 is 0 Å². The van der Waals surface area contributed by atoms with E-state index in [0.29, 0.717) is 6.04 Å². The molecule has 1 fully saturated rings. The lowest BCUT2D eigenvalue weighted by molar-refractivity contribution is 0.456.